The molecule has 0 spiro atoms. The molecule has 9 heteroatoms. The van der Waals surface area contributed by atoms with Crippen LogP contribution < -0.4 is 0 Å². The third-order valence-corrected chi connectivity index (χ3v) is 6.80. The van der Waals surface area contributed by atoms with Crippen molar-refractivity contribution in [2.75, 3.05) is 12.4 Å². The van der Waals surface area contributed by atoms with E-state index in [1.165, 1.54) is 4.68 Å². The van der Waals surface area contributed by atoms with E-state index >= 15 is 0 Å². The molecule has 4 rings (SSSR count). The number of halogens is 1. The number of hydrogen-bond acceptors (Lipinski definition) is 6. The molecule has 0 N–H and O–H groups in total. The number of carbonyl (C=O) groups is 1. The highest BCUT2D eigenvalue weighted by Crippen LogP contribution is 2.49. The van der Waals surface area contributed by atoms with Crippen molar-refractivity contribution < 1.29 is 22.3 Å². The number of rotatable bonds is 6. The van der Waals surface area contributed by atoms with E-state index in [2.05, 4.69) is 10.1 Å². The monoisotopic (exact) mass is 393 g/mol. The summed E-state index contributed by atoms with van der Waals surface area (Å²) in [5, 5.41) is 3.69. The standard InChI is InChI=1S/C18H20FN3O4S/c1-2-26-16(23)18(8-9-18)11-27(24,25)17-20-15-13(19)10-14(22(15)21-17)12-6-4-3-5-7-12/h3-7,13-14H,2,8-11H2,1H3/t13-,14-/m0/s1. The zero-order valence-electron chi connectivity index (χ0n) is 14.8. The van der Waals surface area contributed by atoms with Crippen LogP contribution in [0, 0.1) is 5.41 Å². The topological polar surface area (TPSA) is 91.2 Å². The van der Waals surface area contributed by atoms with Gasteiger partial charge in [0, 0.05) is 6.42 Å². The molecule has 144 valence electrons. The highest BCUT2D eigenvalue weighted by Gasteiger charge is 2.55. The molecular weight excluding hydrogens is 373 g/mol. The predicted octanol–water partition coefficient (Wildman–Crippen LogP) is 2.40. The molecule has 7 nitrogen and oxygen atoms in total. The average Bonchev–Trinajstić information content (AvgIpc) is 3.14. The van der Waals surface area contributed by atoms with Crippen LogP contribution in [0.4, 0.5) is 4.39 Å². The maximum Gasteiger partial charge on any atom is 0.313 e. The van der Waals surface area contributed by atoms with Crippen LogP contribution in [-0.2, 0) is 19.4 Å². The van der Waals surface area contributed by atoms with Gasteiger partial charge in [0.05, 0.1) is 23.8 Å². The first kappa shape index (κ1) is 18.1. The van der Waals surface area contributed by atoms with Crippen LogP contribution in [0.15, 0.2) is 35.5 Å². The molecule has 1 saturated carbocycles. The number of nitrogens with zero attached hydrogens (tertiary/aromatic N) is 3. The second kappa shape index (κ2) is 6.40. The molecule has 1 aliphatic heterocycles. The van der Waals surface area contributed by atoms with E-state index in [0.29, 0.717) is 12.8 Å². The number of carbonyl (C=O) groups excluding carboxylic acids is 1. The van der Waals surface area contributed by atoms with Crippen molar-refractivity contribution in [3.05, 3.63) is 41.7 Å². The van der Waals surface area contributed by atoms with Crippen molar-refractivity contribution in [1.29, 1.82) is 0 Å². The van der Waals surface area contributed by atoms with Crippen molar-refractivity contribution >= 4 is 15.8 Å². The summed E-state index contributed by atoms with van der Waals surface area (Å²) < 4.78 is 46.4. The van der Waals surface area contributed by atoms with Crippen LogP contribution >= 0.6 is 0 Å². The molecule has 2 heterocycles. The third kappa shape index (κ3) is 3.13. The molecule has 0 unspecified atom stereocenters. The highest BCUT2D eigenvalue weighted by atomic mass is 32.2. The maximum absolute atomic E-state index is 14.4. The molecule has 2 atom stereocenters. The van der Waals surface area contributed by atoms with Gasteiger partial charge in [0.2, 0.25) is 9.84 Å². The molecule has 0 radical (unpaired) electrons. The molecule has 27 heavy (non-hydrogen) atoms. The Kier molecular flexibility index (Phi) is 4.29. The molecule has 2 aliphatic rings. The SMILES string of the molecule is CCOC(=O)C1(CS(=O)(=O)c2nc3n(n2)[C@H](c2ccccc2)C[C@@H]3F)CC1. The normalized spacial score (nSPS) is 23.0. The van der Waals surface area contributed by atoms with Crippen LogP contribution in [0.25, 0.3) is 0 Å². The predicted molar refractivity (Wildman–Crippen MR) is 93.4 cm³/mol. The summed E-state index contributed by atoms with van der Waals surface area (Å²) in [6.07, 6.45) is -0.299. The van der Waals surface area contributed by atoms with Gasteiger partial charge in [0.1, 0.15) is 0 Å². The Morgan fingerprint density at radius 2 is 2.04 bits per heavy atom. The zero-order chi connectivity index (χ0) is 19.2. The number of ether oxygens (including phenoxy) is 1. The molecule has 0 amide bonds. The summed E-state index contributed by atoms with van der Waals surface area (Å²) in [7, 11) is -3.94. The number of esters is 1. The van der Waals surface area contributed by atoms with E-state index in [1.807, 2.05) is 30.3 Å². The first-order valence-electron chi connectivity index (χ1n) is 8.92. The lowest BCUT2D eigenvalue weighted by Crippen LogP contribution is -2.28. The molecule has 1 fully saturated rings. The van der Waals surface area contributed by atoms with E-state index in [9.17, 15) is 17.6 Å². The van der Waals surface area contributed by atoms with Crippen LogP contribution in [0.2, 0.25) is 0 Å². The molecule has 1 aromatic carbocycles. The average molecular weight is 393 g/mol. The largest absolute Gasteiger partial charge is 0.466 e. The summed E-state index contributed by atoms with van der Waals surface area (Å²) >= 11 is 0. The smallest absolute Gasteiger partial charge is 0.313 e. The molecule has 2 aromatic rings. The Bertz CT molecular complexity index is 970. The number of benzene rings is 1. The second-order valence-electron chi connectivity index (χ2n) is 7.09. The number of fused-ring (bicyclic) bond motifs is 1. The van der Waals surface area contributed by atoms with Gasteiger partial charge in [-0.05, 0) is 25.3 Å². The van der Waals surface area contributed by atoms with Crippen molar-refractivity contribution in [3.8, 4) is 0 Å². The summed E-state index contributed by atoms with van der Waals surface area (Å²) in [6.45, 7) is 1.87. The Morgan fingerprint density at radius 1 is 1.33 bits per heavy atom. The number of alkyl halides is 1. The van der Waals surface area contributed by atoms with Gasteiger partial charge in [-0.1, -0.05) is 30.3 Å². The molecule has 1 aliphatic carbocycles. The van der Waals surface area contributed by atoms with E-state index in [4.69, 9.17) is 4.74 Å². The van der Waals surface area contributed by atoms with Crippen LogP contribution in [0.1, 0.15) is 49.8 Å². The number of sulfone groups is 1. The quantitative estimate of drug-likeness (QED) is 0.700. The van der Waals surface area contributed by atoms with Gasteiger partial charge >= 0.3 is 5.97 Å². The highest BCUT2D eigenvalue weighted by molar-refractivity contribution is 7.91. The van der Waals surface area contributed by atoms with Crippen LogP contribution in [0.3, 0.4) is 0 Å². The van der Waals surface area contributed by atoms with Crippen LogP contribution in [0.5, 0.6) is 0 Å². The van der Waals surface area contributed by atoms with Gasteiger partial charge in [0.25, 0.3) is 5.16 Å². The molecule has 0 bridgehead atoms. The minimum atomic E-state index is -3.94. The summed E-state index contributed by atoms with van der Waals surface area (Å²) in [6, 6.07) is 8.84. The van der Waals surface area contributed by atoms with E-state index in [0.717, 1.165) is 5.56 Å². The van der Waals surface area contributed by atoms with E-state index < -0.39 is 44.3 Å². The van der Waals surface area contributed by atoms with Crippen molar-refractivity contribution in [1.82, 2.24) is 14.8 Å². The Balaban J connectivity index is 1.63. The van der Waals surface area contributed by atoms with Gasteiger partial charge in [-0.25, -0.2) is 17.5 Å². The second-order valence-corrected chi connectivity index (χ2v) is 8.97. The van der Waals surface area contributed by atoms with Crippen LogP contribution in [-0.4, -0.2) is 41.5 Å². The fraction of sp³-hybridized carbons (Fsp3) is 0.500. The van der Waals surface area contributed by atoms with Gasteiger partial charge in [-0.3, -0.25) is 4.79 Å². The summed E-state index contributed by atoms with van der Waals surface area (Å²) in [5.41, 5.74) is -0.170. The molecular formula is C18H20FN3O4S. The Morgan fingerprint density at radius 3 is 2.67 bits per heavy atom. The van der Waals surface area contributed by atoms with E-state index in [-0.39, 0.29) is 18.9 Å². The zero-order valence-corrected chi connectivity index (χ0v) is 15.7. The number of aromatic nitrogens is 3. The lowest BCUT2D eigenvalue weighted by molar-refractivity contribution is -0.148. The fourth-order valence-corrected chi connectivity index (χ4v) is 5.22. The minimum Gasteiger partial charge on any atom is -0.466 e. The first-order valence-corrected chi connectivity index (χ1v) is 10.6. The van der Waals surface area contributed by atoms with Gasteiger partial charge < -0.3 is 4.74 Å². The lowest BCUT2D eigenvalue weighted by Gasteiger charge is -2.13. The molecule has 1 aromatic heterocycles. The van der Waals surface area contributed by atoms with E-state index in [1.54, 1.807) is 6.92 Å². The third-order valence-electron chi connectivity index (χ3n) is 5.13. The van der Waals surface area contributed by atoms with Gasteiger partial charge in [0.15, 0.2) is 12.0 Å². The van der Waals surface area contributed by atoms with Gasteiger partial charge in [-0.2, -0.15) is 4.98 Å². The van der Waals surface area contributed by atoms with Crippen molar-refractivity contribution in [2.45, 2.75) is 43.6 Å². The first-order chi connectivity index (χ1) is 12.9. The minimum absolute atomic E-state index is 0.0170. The molecule has 0 saturated heterocycles. The lowest BCUT2D eigenvalue weighted by atomic mass is 10.0. The van der Waals surface area contributed by atoms with Crippen molar-refractivity contribution in [2.24, 2.45) is 5.41 Å². The summed E-state index contributed by atoms with van der Waals surface area (Å²) in [4.78, 5) is 16.0. The number of hydrogen-bond donors (Lipinski definition) is 0. The van der Waals surface area contributed by atoms with Gasteiger partial charge in [-0.15, -0.1) is 5.10 Å². The maximum atomic E-state index is 14.4. The van der Waals surface area contributed by atoms with Crippen molar-refractivity contribution in [3.63, 3.8) is 0 Å². The Labute approximate surface area is 156 Å². The Hall–Kier alpha value is -2.29. The summed E-state index contributed by atoms with van der Waals surface area (Å²) in [5.74, 6) is -0.899. The fourth-order valence-electron chi connectivity index (χ4n) is 3.51.